The van der Waals surface area contributed by atoms with Crippen LogP contribution in [0.2, 0.25) is 0 Å². The monoisotopic (exact) mass is 222 g/mol. The molecule has 2 aromatic heterocycles. The standard InChI is InChI=1S/C10H14N4S/c1-2-3-14-5-8(4-13-14)10(11)9-6-15-7-12-9/h4-7,10H,2-3,11H2,1H3. The first-order valence-corrected chi connectivity index (χ1v) is 5.91. The van der Waals surface area contributed by atoms with Crippen LogP contribution in [0.3, 0.4) is 0 Å². The van der Waals surface area contributed by atoms with Crippen LogP contribution in [0.25, 0.3) is 0 Å². The van der Waals surface area contributed by atoms with E-state index < -0.39 is 0 Å². The zero-order valence-electron chi connectivity index (χ0n) is 8.63. The van der Waals surface area contributed by atoms with Gasteiger partial charge in [-0.15, -0.1) is 11.3 Å². The van der Waals surface area contributed by atoms with Gasteiger partial charge in [-0.1, -0.05) is 6.92 Å². The largest absolute Gasteiger partial charge is 0.319 e. The average Bonchev–Trinajstić information content (AvgIpc) is 2.87. The van der Waals surface area contributed by atoms with E-state index >= 15 is 0 Å². The van der Waals surface area contributed by atoms with Crippen LogP contribution in [0.1, 0.15) is 30.6 Å². The summed E-state index contributed by atoms with van der Waals surface area (Å²) in [7, 11) is 0. The van der Waals surface area contributed by atoms with Crippen molar-refractivity contribution in [1.29, 1.82) is 0 Å². The fourth-order valence-electron chi connectivity index (χ4n) is 1.44. The van der Waals surface area contributed by atoms with Crippen LogP contribution in [0.15, 0.2) is 23.3 Å². The van der Waals surface area contributed by atoms with Crippen molar-refractivity contribution in [1.82, 2.24) is 14.8 Å². The third-order valence-electron chi connectivity index (χ3n) is 2.24. The summed E-state index contributed by atoms with van der Waals surface area (Å²) in [5.41, 5.74) is 9.79. The maximum atomic E-state index is 6.06. The molecule has 0 spiro atoms. The molecule has 0 aliphatic rings. The van der Waals surface area contributed by atoms with Crippen LogP contribution < -0.4 is 5.73 Å². The summed E-state index contributed by atoms with van der Waals surface area (Å²) in [6.07, 6.45) is 4.89. The summed E-state index contributed by atoms with van der Waals surface area (Å²) < 4.78 is 1.92. The van der Waals surface area contributed by atoms with Gasteiger partial charge in [-0.3, -0.25) is 4.68 Å². The summed E-state index contributed by atoms with van der Waals surface area (Å²) in [6, 6.07) is -0.151. The highest BCUT2D eigenvalue weighted by Gasteiger charge is 2.12. The molecule has 0 radical (unpaired) electrons. The second-order valence-electron chi connectivity index (χ2n) is 3.43. The minimum atomic E-state index is -0.151. The lowest BCUT2D eigenvalue weighted by Gasteiger charge is -2.04. The molecule has 2 aromatic rings. The van der Waals surface area contributed by atoms with Crippen LogP contribution in [-0.4, -0.2) is 14.8 Å². The lowest BCUT2D eigenvalue weighted by Crippen LogP contribution is -2.11. The van der Waals surface area contributed by atoms with Gasteiger partial charge in [-0.2, -0.15) is 5.10 Å². The smallest absolute Gasteiger partial charge is 0.0795 e. The van der Waals surface area contributed by atoms with E-state index in [4.69, 9.17) is 5.73 Å². The van der Waals surface area contributed by atoms with Crippen LogP contribution in [0.4, 0.5) is 0 Å². The Balaban J connectivity index is 2.15. The second kappa shape index (κ2) is 4.55. The van der Waals surface area contributed by atoms with Crippen LogP contribution in [-0.2, 0) is 6.54 Å². The topological polar surface area (TPSA) is 56.7 Å². The Hall–Kier alpha value is -1.20. The van der Waals surface area contributed by atoms with Gasteiger partial charge in [0.2, 0.25) is 0 Å². The molecule has 0 fully saturated rings. The molecule has 1 atom stereocenters. The number of hydrogen-bond donors (Lipinski definition) is 1. The molecule has 0 aliphatic carbocycles. The van der Waals surface area contributed by atoms with Gasteiger partial charge in [-0.25, -0.2) is 4.98 Å². The number of thiazole rings is 1. The minimum absolute atomic E-state index is 0.151. The van der Waals surface area contributed by atoms with E-state index in [2.05, 4.69) is 17.0 Å². The van der Waals surface area contributed by atoms with Crippen molar-refractivity contribution in [2.45, 2.75) is 25.9 Å². The third kappa shape index (κ3) is 2.24. The van der Waals surface area contributed by atoms with E-state index in [1.54, 1.807) is 16.8 Å². The second-order valence-corrected chi connectivity index (χ2v) is 4.15. The van der Waals surface area contributed by atoms with Crippen molar-refractivity contribution in [3.63, 3.8) is 0 Å². The predicted octanol–water partition coefficient (Wildman–Crippen LogP) is 1.80. The van der Waals surface area contributed by atoms with Crippen LogP contribution >= 0.6 is 11.3 Å². The molecule has 0 aliphatic heterocycles. The summed E-state index contributed by atoms with van der Waals surface area (Å²) in [6.45, 7) is 3.06. The van der Waals surface area contributed by atoms with E-state index in [-0.39, 0.29) is 6.04 Å². The fraction of sp³-hybridized carbons (Fsp3) is 0.400. The van der Waals surface area contributed by atoms with Gasteiger partial charge in [-0.05, 0) is 6.42 Å². The summed E-state index contributed by atoms with van der Waals surface area (Å²) in [5, 5.41) is 6.22. The van der Waals surface area contributed by atoms with E-state index in [0.29, 0.717) is 0 Å². The van der Waals surface area contributed by atoms with Crippen molar-refractivity contribution >= 4 is 11.3 Å². The van der Waals surface area contributed by atoms with E-state index in [1.165, 1.54) is 0 Å². The zero-order valence-corrected chi connectivity index (χ0v) is 9.44. The lowest BCUT2D eigenvalue weighted by atomic mass is 10.1. The van der Waals surface area contributed by atoms with Gasteiger partial charge in [0.1, 0.15) is 0 Å². The molecule has 0 saturated carbocycles. The van der Waals surface area contributed by atoms with Gasteiger partial charge in [0.05, 0.1) is 23.4 Å². The quantitative estimate of drug-likeness (QED) is 0.858. The van der Waals surface area contributed by atoms with E-state index in [0.717, 1.165) is 24.2 Å². The third-order valence-corrected chi connectivity index (χ3v) is 2.84. The molecule has 0 bridgehead atoms. The molecule has 4 nitrogen and oxygen atoms in total. The summed E-state index contributed by atoms with van der Waals surface area (Å²) in [5.74, 6) is 0. The first kappa shape index (κ1) is 10.3. The maximum Gasteiger partial charge on any atom is 0.0795 e. The van der Waals surface area contributed by atoms with Gasteiger partial charge < -0.3 is 5.73 Å². The van der Waals surface area contributed by atoms with Crippen molar-refractivity contribution in [3.8, 4) is 0 Å². The minimum Gasteiger partial charge on any atom is -0.319 e. The zero-order chi connectivity index (χ0) is 10.7. The molecule has 0 amide bonds. The Bertz CT molecular complexity index is 407. The first-order valence-electron chi connectivity index (χ1n) is 4.97. The van der Waals surface area contributed by atoms with Crippen molar-refractivity contribution in [2.24, 2.45) is 5.73 Å². The molecule has 2 heterocycles. The molecule has 1 unspecified atom stereocenters. The van der Waals surface area contributed by atoms with Crippen molar-refractivity contribution < 1.29 is 0 Å². The van der Waals surface area contributed by atoms with Crippen molar-refractivity contribution in [2.75, 3.05) is 0 Å². The molecular weight excluding hydrogens is 208 g/mol. The van der Waals surface area contributed by atoms with E-state index in [9.17, 15) is 0 Å². The fourth-order valence-corrected chi connectivity index (χ4v) is 2.03. The predicted molar refractivity (Wildman–Crippen MR) is 60.7 cm³/mol. The molecule has 15 heavy (non-hydrogen) atoms. The molecule has 80 valence electrons. The normalized spacial score (nSPS) is 12.9. The Kier molecular flexibility index (Phi) is 3.13. The molecule has 2 N–H and O–H groups in total. The van der Waals surface area contributed by atoms with E-state index in [1.807, 2.05) is 22.5 Å². The Morgan fingerprint density at radius 1 is 1.60 bits per heavy atom. The van der Waals surface area contributed by atoms with Gasteiger partial charge in [0, 0.05) is 23.7 Å². The number of aryl methyl sites for hydroxylation is 1. The summed E-state index contributed by atoms with van der Waals surface area (Å²) >= 11 is 1.56. The number of rotatable bonds is 4. The average molecular weight is 222 g/mol. The SMILES string of the molecule is CCCn1cc(C(N)c2cscn2)cn1. The maximum absolute atomic E-state index is 6.06. The molecule has 5 heteroatoms. The van der Waals surface area contributed by atoms with Crippen LogP contribution in [0, 0.1) is 0 Å². The summed E-state index contributed by atoms with van der Waals surface area (Å²) in [4.78, 5) is 4.20. The van der Waals surface area contributed by atoms with Gasteiger partial charge >= 0.3 is 0 Å². The molecule has 0 saturated heterocycles. The van der Waals surface area contributed by atoms with Crippen LogP contribution in [0.5, 0.6) is 0 Å². The number of nitrogens with two attached hydrogens (primary N) is 1. The first-order chi connectivity index (χ1) is 7.31. The highest BCUT2D eigenvalue weighted by molar-refractivity contribution is 7.07. The van der Waals surface area contributed by atoms with Gasteiger partial charge in [0.15, 0.2) is 0 Å². The Morgan fingerprint density at radius 3 is 3.13 bits per heavy atom. The number of aromatic nitrogens is 3. The van der Waals surface area contributed by atoms with Crippen molar-refractivity contribution in [3.05, 3.63) is 34.5 Å². The molecule has 0 aromatic carbocycles. The molecular formula is C10H14N4S. The Labute approximate surface area is 92.8 Å². The Morgan fingerprint density at radius 2 is 2.47 bits per heavy atom. The van der Waals surface area contributed by atoms with Gasteiger partial charge in [0.25, 0.3) is 0 Å². The highest BCUT2D eigenvalue weighted by Crippen LogP contribution is 2.18. The number of nitrogens with zero attached hydrogens (tertiary/aromatic N) is 3. The number of hydrogen-bond acceptors (Lipinski definition) is 4. The highest BCUT2D eigenvalue weighted by atomic mass is 32.1. The lowest BCUT2D eigenvalue weighted by molar-refractivity contribution is 0.601. The molecule has 2 rings (SSSR count).